The van der Waals surface area contributed by atoms with E-state index in [4.69, 9.17) is 4.74 Å². The summed E-state index contributed by atoms with van der Waals surface area (Å²) in [4.78, 5) is 6.96. The standard InChI is InChI=1S/C18H25N5O/c1-3-14-9-7-8-12-23(14)18-21-17(13-19-22-18)20-15-10-5-6-11-16(15)24-4-2/h5-6,10-11,13-14H,3-4,7-9,12H2,1-2H3,(H,20,21,22). The van der Waals surface area contributed by atoms with E-state index in [9.17, 15) is 0 Å². The van der Waals surface area contributed by atoms with Crippen molar-refractivity contribution in [3.05, 3.63) is 30.5 Å². The lowest BCUT2D eigenvalue weighted by Crippen LogP contribution is -2.40. The lowest BCUT2D eigenvalue weighted by atomic mass is 10.0. The zero-order chi connectivity index (χ0) is 16.8. The van der Waals surface area contributed by atoms with Crippen LogP contribution in [0.25, 0.3) is 0 Å². The van der Waals surface area contributed by atoms with E-state index in [1.54, 1.807) is 6.20 Å². The highest BCUT2D eigenvalue weighted by Gasteiger charge is 2.23. The van der Waals surface area contributed by atoms with Crippen LogP contribution in [0.3, 0.4) is 0 Å². The van der Waals surface area contributed by atoms with E-state index in [1.807, 2.05) is 31.2 Å². The van der Waals surface area contributed by atoms with Gasteiger partial charge in [-0.2, -0.15) is 10.1 Å². The van der Waals surface area contributed by atoms with Crippen molar-refractivity contribution in [1.29, 1.82) is 0 Å². The molecule has 1 saturated heterocycles. The molecule has 6 nitrogen and oxygen atoms in total. The molecule has 2 heterocycles. The van der Waals surface area contributed by atoms with Crippen molar-refractivity contribution in [1.82, 2.24) is 15.2 Å². The molecule has 1 unspecified atom stereocenters. The molecule has 0 amide bonds. The molecule has 24 heavy (non-hydrogen) atoms. The first-order chi connectivity index (χ1) is 11.8. The average Bonchev–Trinajstić information content (AvgIpc) is 2.64. The van der Waals surface area contributed by atoms with Gasteiger partial charge in [-0.25, -0.2) is 0 Å². The summed E-state index contributed by atoms with van der Waals surface area (Å²) < 4.78 is 5.65. The molecule has 128 valence electrons. The molecular formula is C18H25N5O. The number of para-hydroxylation sites is 2. The van der Waals surface area contributed by atoms with E-state index in [-0.39, 0.29) is 0 Å². The number of aromatic nitrogens is 3. The van der Waals surface area contributed by atoms with Gasteiger partial charge in [0.05, 0.1) is 18.5 Å². The van der Waals surface area contributed by atoms with Gasteiger partial charge >= 0.3 is 0 Å². The Bertz CT molecular complexity index is 663. The highest BCUT2D eigenvalue weighted by atomic mass is 16.5. The lowest BCUT2D eigenvalue weighted by Gasteiger charge is -2.34. The Kier molecular flexibility index (Phi) is 5.46. The Labute approximate surface area is 143 Å². The van der Waals surface area contributed by atoms with E-state index in [1.165, 1.54) is 19.3 Å². The number of piperidine rings is 1. The molecule has 1 aliphatic heterocycles. The Morgan fingerprint density at radius 1 is 1.25 bits per heavy atom. The highest BCUT2D eigenvalue weighted by Crippen LogP contribution is 2.28. The summed E-state index contributed by atoms with van der Waals surface area (Å²) >= 11 is 0. The molecule has 6 heteroatoms. The first kappa shape index (κ1) is 16.5. The van der Waals surface area contributed by atoms with E-state index in [2.05, 4.69) is 32.3 Å². The van der Waals surface area contributed by atoms with Crippen LogP contribution in [-0.2, 0) is 0 Å². The van der Waals surface area contributed by atoms with E-state index in [0.29, 0.717) is 24.4 Å². The summed E-state index contributed by atoms with van der Waals surface area (Å²) in [6.45, 7) is 5.82. The Balaban J connectivity index is 1.81. The summed E-state index contributed by atoms with van der Waals surface area (Å²) in [6.07, 6.45) is 6.42. The Hall–Kier alpha value is -2.37. The molecule has 1 aromatic carbocycles. The third-order valence-corrected chi connectivity index (χ3v) is 4.35. The van der Waals surface area contributed by atoms with E-state index >= 15 is 0 Å². The summed E-state index contributed by atoms with van der Waals surface area (Å²) in [7, 11) is 0. The van der Waals surface area contributed by atoms with Gasteiger partial charge < -0.3 is 15.0 Å². The fourth-order valence-electron chi connectivity index (χ4n) is 3.15. The third kappa shape index (κ3) is 3.75. The minimum atomic E-state index is 0.506. The topological polar surface area (TPSA) is 63.2 Å². The lowest BCUT2D eigenvalue weighted by molar-refractivity contribution is 0.342. The molecule has 0 radical (unpaired) electrons. The second-order valence-electron chi connectivity index (χ2n) is 5.95. The predicted molar refractivity (Wildman–Crippen MR) is 96.0 cm³/mol. The van der Waals surface area contributed by atoms with Crippen LogP contribution in [-0.4, -0.2) is 34.4 Å². The van der Waals surface area contributed by atoms with Gasteiger partial charge in [0.2, 0.25) is 5.95 Å². The molecule has 1 aliphatic rings. The first-order valence-electron chi connectivity index (χ1n) is 8.77. The maximum absolute atomic E-state index is 5.65. The largest absolute Gasteiger partial charge is 0.492 e. The maximum Gasteiger partial charge on any atom is 0.247 e. The highest BCUT2D eigenvalue weighted by molar-refractivity contribution is 5.64. The van der Waals surface area contributed by atoms with Crippen LogP contribution in [0.2, 0.25) is 0 Å². The van der Waals surface area contributed by atoms with Crippen LogP contribution in [0.5, 0.6) is 5.75 Å². The van der Waals surface area contributed by atoms with Crippen molar-refractivity contribution in [3.8, 4) is 5.75 Å². The van der Waals surface area contributed by atoms with Gasteiger partial charge in [0, 0.05) is 12.6 Å². The number of nitrogens with one attached hydrogen (secondary N) is 1. The molecule has 2 aromatic rings. The van der Waals surface area contributed by atoms with Crippen LogP contribution in [0.1, 0.15) is 39.5 Å². The van der Waals surface area contributed by atoms with Gasteiger partial charge in [-0.15, -0.1) is 5.10 Å². The Morgan fingerprint density at radius 3 is 2.96 bits per heavy atom. The molecule has 1 fully saturated rings. The maximum atomic E-state index is 5.65. The molecule has 1 atom stereocenters. The Morgan fingerprint density at radius 2 is 2.12 bits per heavy atom. The number of benzene rings is 1. The van der Waals surface area contributed by atoms with Gasteiger partial charge in [0.1, 0.15) is 5.75 Å². The molecule has 0 bridgehead atoms. The van der Waals surface area contributed by atoms with Gasteiger partial charge in [-0.1, -0.05) is 19.1 Å². The van der Waals surface area contributed by atoms with Crippen molar-refractivity contribution < 1.29 is 4.74 Å². The molecule has 0 aliphatic carbocycles. The zero-order valence-electron chi connectivity index (χ0n) is 14.4. The zero-order valence-corrected chi connectivity index (χ0v) is 14.4. The molecule has 0 saturated carbocycles. The predicted octanol–water partition coefficient (Wildman–Crippen LogP) is 3.78. The number of anilines is 3. The smallest absolute Gasteiger partial charge is 0.247 e. The fourth-order valence-corrected chi connectivity index (χ4v) is 3.15. The molecule has 1 aromatic heterocycles. The minimum Gasteiger partial charge on any atom is -0.492 e. The van der Waals surface area contributed by atoms with Crippen molar-refractivity contribution in [2.75, 3.05) is 23.4 Å². The van der Waals surface area contributed by atoms with Crippen LogP contribution < -0.4 is 15.0 Å². The fraction of sp³-hybridized carbons (Fsp3) is 0.500. The second kappa shape index (κ2) is 7.95. The van der Waals surface area contributed by atoms with Crippen molar-refractivity contribution in [2.24, 2.45) is 0 Å². The van der Waals surface area contributed by atoms with Crippen LogP contribution in [0.4, 0.5) is 17.5 Å². The quantitative estimate of drug-likeness (QED) is 0.871. The second-order valence-corrected chi connectivity index (χ2v) is 5.95. The van der Waals surface area contributed by atoms with Gasteiger partial charge in [-0.3, -0.25) is 0 Å². The normalized spacial score (nSPS) is 17.6. The number of ether oxygens (including phenoxy) is 1. The van der Waals surface area contributed by atoms with Crippen LogP contribution in [0.15, 0.2) is 30.5 Å². The summed E-state index contributed by atoms with van der Waals surface area (Å²) in [5.41, 5.74) is 0.886. The van der Waals surface area contributed by atoms with Crippen molar-refractivity contribution >= 4 is 17.5 Å². The molecule has 1 N–H and O–H groups in total. The number of nitrogens with zero attached hydrogens (tertiary/aromatic N) is 4. The van der Waals surface area contributed by atoms with Gasteiger partial charge in [0.15, 0.2) is 5.82 Å². The molecular weight excluding hydrogens is 302 g/mol. The van der Waals surface area contributed by atoms with Gasteiger partial charge in [0.25, 0.3) is 0 Å². The van der Waals surface area contributed by atoms with E-state index < -0.39 is 0 Å². The summed E-state index contributed by atoms with van der Waals surface area (Å²) in [6, 6.07) is 8.35. The summed E-state index contributed by atoms with van der Waals surface area (Å²) in [5.74, 6) is 2.21. The molecule has 3 rings (SSSR count). The van der Waals surface area contributed by atoms with E-state index in [0.717, 1.165) is 24.4 Å². The van der Waals surface area contributed by atoms with Crippen molar-refractivity contribution in [2.45, 2.75) is 45.6 Å². The van der Waals surface area contributed by atoms with Crippen LogP contribution in [0, 0.1) is 0 Å². The minimum absolute atomic E-state index is 0.506. The number of rotatable bonds is 6. The average molecular weight is 327 g/mol. The molecule has 0 spiro atoms. The monoisotopic (exact) mass is 327 g/mol. The van der Waals surface area contributed by atoms with Gasteiger partial charge in [-0.05, 0) is 44.7 Å². The SMILES string of the molecule is CCOc1ccccc1Nc1cnnc(N2CCCCC2CC)n1. The number of hydrogen-bond acceptors (Lipinski definition) is 6. The van der Waals surface area contributed by atoms with Crippen LogP contribution >= 0.6 is 0 Å². The summed E-state index contributed by atoms with van der Waals surface area (Å²) in [5, 5.41) is 11.7. The van der Waals surface area contributed by atoms with Crippen molar-refractivity contribution in [3.63, 3.8) is 0 Å². The third-order valence-electron chi connectivity index (χ3n) is 4.35. The first-order valence-corrected chi connectivity index (χ1v) is 8.77. The number of hydrogen-bond donors (Lipinski definition) is 1.